The zero-order valence-electron chi connectivity index (χ0n) is 11.9. The summed E-state index contributed by atoms with van der Waals surface area (Å²) in [5.41, 5.74) is 1.49. The summed E-state index contributed by atoms with van der Waals surface area (Å²) in [4.78, 5) is 0. The number of aliphatic hydroxyl groups is 1. The molecule has 6 atom stereocenters. The third kappa shape index (κ3) is 2.52. The molecular weight excluding hydrogens is 220 g/mol. The molecule has 0 saturated heterocycles. The quantitative estimate of drug-likeness (QED) is 0.743. The van der Waals surface area contributed by atoms with E-state index in [0.29, 0.717) is 11.8 Å². The van der Waals surface area contributed by atoms with Gasteiger partial charge in [-0.15, -0.1) is 0 Å². The molecule has 0 spiro atoms. The predicted octanol–water partition coefficient (Wildman–Crippen LogP) is 4.17. The van der Waals surface area contributed by atoms with Crippen LogP contribution < -0.4 is 0 Å². The van der Waals surface area contributed by atoms with Crippen LogP contribution in [0, 0.1) is 29.6 Å². The third-order valence-corrected chi connectivity index (χ3v) is 5.80. The topological polar surface area (TPSA) is 20.2 Å². The average molecular weight is 248 g/mol. The molecule has 0 aromatic rings. The molecule has 3 aliphatic rings. The second-order valence-corrected chi connectivity index (χ2v) is 7.43. The van der Waals surface area contributed by atoms with Gasteiger partial charge in [0.2, 0.25) is 0 Å². The predicted molar refractivity (Wildman–Crippen MR) is 75.2 cm³/mol. The maximum atomic E-state index is 10.6. The fourth-order valence-corrected chi connectivity index (χ4v) is 5.06. The highest BCUT2D eigenvalue weighted by Crippen LogP contribution is 2.50. The first-order chi connectivity index (χ1) is 8.61. The van der Waals surface area contributed by atoms with E-state index >= 15 is 0 Å². The highest BCUT2D eigenvalue weighted by atomic mass is 16.3. The van der Waals surface area contributed by atoms with E-state index in [1.807, 2.05) is 0 Å². The largest absolute Gasteiger partial charge is 0.393 e. The molecule has 6 unspecified atom stereocenters. The van der Waals surface area contributed by atoms with Crippen LogP contribution in [-0.2, 0) is 0 Å². The highest BCUT2D eigenvalue weighted by Gasteiger charge is 2.41. The van der Waals surface area contributed by atoms with Gasteiger partial charge in [-0.05, 0) is 75.0 Å². The van der Waals surface area contributed by atoms with E-state index in [1.165, 1.54) is 37.7 Å². The van der Waals surface area contributed by atoms with Gasteiger partial charge in [-0.2, -0.15) is 0 Å². The Hall–Kier alpha value is -0.300. The molecule has 1 N–H and O–H groups in total. The minimum Gasteiger partial charge on any atom is -0.393 e. The van der Waals surface area contributed by atoms with E-state index in [2.05, 4.69) is 19.9 Å². The van der Waals surface area contributed by atoms with Crippen LogP contribution in [0.2, 0.25) is 0 Å². The molecule has 3 rings (SSSR count). The van der Waals surface area contributed by atoms with Crippen molar-refractivity contribution >= 4 is 0 Å². The second kappa shape index (κ2) is 5.00. The molecule has 0 heterocycles. The molecule has 0 amide bonds. The molecule has 2 bridgehead atoms. The van der Waals surface area contributed by atoms with Gasteiger partial charge in [0, 0.05) is 0 Å². The molecule has 0 aromatic heterocycles. The van der Waals surface area contributed by atoms with Crippen molar-refractivity contribution in [2.45, 2.75) is 64.9 Å². The summed E-state index contributed by atoms with van der Waals surface area (Å²) in [6.07, 6.45) is 11.6. The lowest BCUT2D eigenvalue weighted by Crippen LogP contribution is -2.28. The van der Waals surface area contributed by atoms with E-state index in [9.17, 15) is 5.11 Å². The highest BCUT2D eigenvalue weighted by molar-refractivity contribution is 5.07. The lowest BCUT2D eigenvalue weighted by Gasteiger charge is -2.32. The van der Waals surface area contributed by atoms with Gasteiger partial charge in [0.05, 0.1) is 6.10 Å². The lowest BCUT2D eigenvalue weighted by molar-refractivity contribution is 0.0594. The Morgan fingerprint density at radius 1 is 1.28 bits per heavy atom. The number of fused-ring (bicyclic) bond motifs is 2. The first kappa shape index (κ1) is 12.7. The maximum Gasteiger partial charge on any atom is 0.0574 e. The van der Waals surface area contributed by atoms with Gasteiger partial charge < -0.3 is 5.11 Å². The van der Waals surface area contributed by atoms with Gasteiger partial charge >= 0.3 is 0 Å². The van der Waals surface area contributed by atoms with Crippen LogP contribution in [0.15, 0.2) is 11.6 Å². The average Bonchev–Trinajstić information content (AvgIpc) is 2.89. The van der Waals surface area contributed by atoms with Crippen molar-refractivity contribution in [3.63, 3.8) is 0 Å². The van der Waals surface area contributed by atoms with Gasteiger partial charge in [-0.3, -0.25) is 0 Å². The van der Waals surface area contributed by atoms with Crippen molar-refractivity contribution in [3.05, 3.63) is 11.6 Å². The van der Waals surface area contributed by atoms with Gasteiger partial charge in [-0.25, -0.2) is 0 Å². The zero-order valence-corrected chi connectivity index (χ0v) is 11.9. The van der Waals surface area contributed by atoms with Crippen LogP contribution in [-0.4, -0.2) is 11.2 Å². The van der Waals surface area contributed by atoms with E-state index in [4.69, 9.17) is 0 Å². The van der Waals surface area contributed by atoms with Crippen molar-refractivity contribution in [2.75, 3.05) is 0 Å². The van der Waals surface area contributed by atoms with E-state index in [-0.39, 0.29) is 6.10 Å². The van der Waals surface area contributed by atoms with Crippen molar-refractivity contribution in [1.82, 2.24) is 0 Å². The number of allylic oxidation sites excluding steroid dienone is 2. The lowest BCUT2D eigenvalue weighted by atomic mass is 9.76. The molecule has 2 saturated carbocycles. The molecule has 102 valence electrons. The van der Waals surface area contributed by atoms with Crippen LogP contribution >= 0.6 is 0 Å². The molecule has 3 aliphatic carbocycles. The molecular formula is C17H28O. The molecule has 0 radical (unpaired) electrons. The van der Waals surface area contributed by atoms with Gasteiger partial charge in [0.1, 0.15) is 0 Å². The van der Waals surface area contributed by atoms with Gasteiger partial charge in [-0.1, -0.05) is 25.0 Å². The Morgan fingerprint density at radius 3 is 2.72 bits per heavy atom. The van der Waals surface area contributed by atoms with Crippen LogP contribution in [0.1, 0.15) is 58.8 Å². The second-order valence-electron chi connectivity index (χ2n) is 7.43. The zero-order chi connectivity index (χ0) is 12.7. The molecule has 2 fully saturated rings. The van der Waals surface area contributed by atoms with Gasteiger partial charge in [0.15, 0.2) is 0 Å². The summed E-state index contributed by atoms with van der Waals surface area (Å²) in [5, 5.41) is 10.6. The molecule has 1 heteroatoms. The van der Waals surface area contributed by atoms with Crippen molar-refractivity contribution in [3.8, 4) is 0 Å². The van der Waals surface area contributed by atoms with Crippen LogP contribution in [0.3, 0.4) is 0 Å². The standard InChI is InChI=1S/C17H28O/c1-11-5-12(2)7-16(6-11)17(18)10-15-9-13-3-4-14(15)8-13/h5,11,13-18H,3-4,6-10H2,1-2H3. The Balaban J connectivity index is 1.55. The number of hydrogen-bond donors (Lipinski definition) is 1. The first-order valence-corrected chi connectivity index (χ1v) is 7.97. The van der Waals surface area contributed by atoms with Crippen molar-refractivity contribution in [2.24, 2.45) is 29.6 Å². The van der Waals surface area contributed by atoms with Crippen LogP contribution in [0.4, 0.5) is 0 Å². The van der Waals surface area contributed by atoms with E-state index in [0.717, 1.165) is 30.6 Å². The third-order valence-electron chi connectivity index (χ3n) is 5.80. The van der Waals surface area contributed by atoms with Crippen molar-refractivity contribution < 1.29 is 5.11 Å². The number of aliphatic hydroxyl groups excluding tert-OH is 1. The normalized spacial score (nSPS) is 45.1. The Morgan fingerprint density at radius 2 is 2.11 bits per heavy atom. The smallest absolute Gasteiger partial charge is 0.0574 e. The molecule has 18 heavy (non-hydrogen) atoms. The Labute approximate surface area is 112 Å². The van der Waals surface area contributed by atoms with Gasteiger partial charge in [0.25, 0.3) is 0 Å². The fraction of sp³-hybridized carbons (Fsp3) is 0.882. The molecule has 0 aromatic carbocycles. The summed E-state index contributed by atoms with van der Waals surface area (Å²) >= 11 is 0. The Bertz CT molecular complexity index is 333. The van der Waals surface area contributed by atoms with Crippen LogP contribution in [0.25, 0.3) is 0 Å². The Kier molecular flexibility index (Phi) is 3.53. The summed E-state index contributed by atoms with van der Waals surface area (Å²) in [6.45, 7) is 4.52. The summed E-state index contributed by atoms with van der Waals surface area (Å²) in [7, 11) is 0. The summed E-state index contributed by atoms with van der Waals surface area (Å²) in [6, 6.07) is 0. The first-order valence-electron chi connectivity index (χ1n) is 7.97. The number of hydrogen-bond acceptors (Lipinski definition) is 1. The minimum atomic E-state index is -0.0413. The van der Waals surface area contributed by atoms with Crippen molar-refractivity contribution in [1.29, 1.82) is 0 Å². The monoisotopic (exact) mass is 248 g/mol. The minimum absolute atomic E-state index is 0.0413. The summed E-state index contributed by atoms with van der Waals surface area (Å²) in [5.74, 6) is 4.02. The van der Waals surface area contributed by atoms with Crippen LogP contribution in [0.5, 0.6) is 0 Å². The maximum absolute atomic E-state index is 10.6. The molecule has 1 nitrogen and oxygen atoms in total. The van der Waals surface area contributed by atoms with E-state index in [1.54, 1.807) is 0 Å². The molecule has 0 aliphatic heterocycles. The number of rotatable bonds is 3. The summed E-state index contributed by atoms with van der Waals surface area (Å²) < 4.78 is 0. The SMILES string of the molecule is CC1=CC(C)CC(C(O)CC2CC3CCC2C3)C1. The van der Waals surface area contributed by atoms with E-state index < -0.39 is 0 Å². The fourth-order valence-electron chi connectivity index (χ4n) is 5.06.